The Morgan fingerprint density at radius 1 is 0.973 bits per heavy atom. The molecule has 186 valence electrons. The third-order valence-electron chi connectivity index (χ3n) is 6.70. The zero-order valence-electron chi connectivity index (χ0n) is 20.1. The fraction of sp³-hybridized carbons (Fsp3) is 0.207. The number of nitrogens with one attached hydrogen (secondary N) is 1. The van der Waals surface area contributed by atoms with Crippen LogP contribution >= 0.6 is 0 Å². The summed E-state index contributed by atoms with van der Waals surface area (Å²) in [5.74, 6) is 0. The lowest BCUT2D eigenvalue weighted by Crippen LogP contribution is -2.22. The van der Waals surface area contributed by atoms with Crippen LogP contribution in [0.5, 0.6) is 0 Å². The molecule has 3 aromatic rings. The first-order valence-corrected chi connectivity index (χ1v) is 12.2. The molecular weight excluding hydrogens is 475 g/mol. The van der Waals surface area contributed by atoms with Crippen molar-refractivity contribution >= 4 is 22.4 Å². The van der Waals surface area contributed by atoms with Gasteiger partial charge in [-0.1, -0.05) is 12.1 Å². The number of rotatable bonds is 4. The Morgan fingerprint density at radius 2 is 1.76 bits per heavy atom. The van der Waals surface area contributed by atoms with E-state index in [9.17, 15) is 13.2 Å². The van der Waals surface area contributed by atoms with Crippen molar-refractivity contribution in [3.05, 3.63) is 95.6 Å². The number of aryl methyl sites for hydroxylation is 1. The molecule has 0 radical (unpaired) electrons. The van der Waals surface area contributed by atoms with E-state index in [2.05, 4.69) is 10.3 Å². The molecule has 2 heterocycles. The number of nitrogens with zero attached hydrogens (tertiary/aromatic N) is 4. The maximum absolute atomic E-state index is 13.2. The summed E-state index contributed by atoms with van der Waals surface area (Å²) in [5.41, 5.74) is 5.64. The van der Waals surface area contributed by atoms with Crippen LogP contribution in [0.15, 0.2) is 84.1 Å². The van der Waals surface area contributed by atoms with Crippen molar-refractivity contribution in [1.82, 2.24) is 14.5 Å². The summed E-state index contributed by atoms with van der Waals surface area (Å²) in [6, 6.07) is 19.1. The van der Waals surface area contributed by atoms with Crippen LogP contribution in [-0.4, -0.2) is 20.6 Å². The Hall–Kier alpha value is -4.20. The van der Waals surface area contributed by atoms with Crippen LogP contribution in [0.4, 0.5) is 24.5 Å². The number of hydrogen-bond donors (Lipinski definition) is 1. The van der Waals surface area contributed by atoms with E-state index in [0.717, 1.165) is 70.4 Å². The quantitative estimate of drug-likeness (QED) is 0.270. The molecule has 0 unspecified atom stereocenters. The van der Waals surface area contributed by atoms with E-state index in [1.807, 2.05) is 54.0 Å². The first-order chi connectivity index (χ1) is 17.8. The Balaban J connectivity index is 1.59. The van der Waals surface area contributed by atoms with E-state index in [1.165, 1.54) is 12.1 Å². The summed E-state index contributed by atoms with van der Waals surface area (Å²) in [6.45, 7) is 1.99. The van der Waals surface area contributed by atoms with Crippen LogP contribution in [0.3, 0.4) is 0 Å². The minimum Gasteiger partial charge on any atom is -0.352 e. The number of pyridine rings is 1. The van der Waals surface area contributed by atoms with Crippen molar-refractivity contribution in [2.75, 3.05) is 5.32 Å². The summed E-state index contributed by atoms with van der Waals surface area (Å²) < 4.78 is 41.7. The zero-order chi connectivity index (χ0) is 25.6. The minimum absolute atomic E-state index is 0.251. The number of benzene rings is 3. The topological polar surface area (TPSA) is 55.1 Å². The molecule has 0 amide bonds. The first-order valence-electron chi connectivity index (χ1n) is 12.2. The second-order valence-electron chi connectivity index (χ2n) is 9.43. The normalized spacial score (nSPS) is 14.8. The number of para-hydroxylation sites is 2. The molecular formula is C29H24F3N5. The highest BCUT2D eigenvalue weighted by Gasteiger charge is 2.30. The van der Waals surface area contributed by atoms with E-state index in [-0.39, 0.29) is 6.04 Å². The van der Waals surface area contributed by atoms with Gasteiger partial charge in [0, 0.05) is 11.9 Å². The third-order valence-corrected chi connectivity index (χ3v) is 6.70. The van der Waals surface area contributed by atoms with Gasteiger partial charge in [-0.25, -0.2) is 4.98 Å². The predicted octanol–water partition coefficient (Wildman–Crippen LogP) is 7.05. The van der Waals surface area contributed by atoms with Crippen molar-refractivity contribution in [2.24, 2.45) is 4.99 Å². The molecule has 5 nitrogen and oxygen atoms in total. The zero-order valence-corrected chi connectivity index (χ0v) is 20.1. The van der Waals surface area contributed by atoms with Gasteiger partial charge in [0.2, 0.25) is 0 Å². The molecule has 1 N–H and O–H groups in total. The number of alkyl halides is 3. The van der Waals surface area contributed by atoms with Crippen LogP contribution in [0.2, 0.25) is 0 Å². The highest BCUT2D eigenvalue weighted by atomic mass is 19.4. The molecule has 2 aliphatic carbocycles. The van der Waals surface area contributed by atoms with Crippen LogP contribution in [0.1, 0.15) is 30.4 Å². The highest BCUT2D eigenvalue weighted by molar-refractivity contribution is 5.84. The minimum atomic E-state index is -4.40. The van der Waals surface area contributed by atoms with E-state index in [0.29, 0.717) is 11.4 Å². The van der Waals surface area contributed by atoms with Crippen LogP contribution < -0.4 is 10.7 Å². The van der Waals surface area contributed by atoms with Gasteiger partial charge in [0.25, 0.3) is 0 Å². The van der Waals surface area contributed by atoms with Gasteiger partial charge in [0.1, 0.15) is 0 Å². The van der Waals surface area contributed by atoms with Crippen LogP contribution in [-0.2, 0) is 6.18 Å². The fourth-order valence-electron chi connectivity index (χ4n) is 4.62. The van der Waals surface area contributed by atoms with Crippen LogP contribution in [0, 0.1) is 6.92 Å². The van der Waals surface area contributed by atoms with Gasteiger partial charge in [-0.15, -0.1) is 0 Å². The molecule has 0 bridgehead atoms. The Labute approximate surface area is 211 Å². The van der Waals surface area contributed by atoms with Gasteiger partial charge < -0.3 is 9.88 Å². The van der Waals surface area contributed by atoms with Crippen molar-refractivity contribution in [3.8, 4) is 17.1 Å². The number of aromatic nitrogens is 3. The highest BCUT2D eigenvalue weighted by Crippen LogP contribution is 2.33. The summed E-state index contributed by atoms with van der Waals surface area (Å²) in [5, 5.41) is 4.25. The summed E-state index contributed by atoms with van der Waals surface area (Å²) in [7, 11) is 0. The molecule has 2 aromatic carbocycles. The van der Waals surface area contributed by atoms with Crippen molar-refractivity contribution in [2.45, 2.75) is 38.4 Å². The second kappa shape index (κ2) is 9.03. The predicted molar refractivity (Wildman–Crippen MR) is 138 cm³/mol. The number of anilines is 2. The van der Waals surface area contributed by atoms with E-state index < -0.39 is 11.7 Å². The van der Waals surface area contributed by atoms with Crippen LogP contribution in [0.25, 0.3) is 28.1 Å². The molecule has 0 atom stereocenters. The third kappa shape index (κ3) is 4.55. The van der Waals surface area contributed by atoms with Gasteiger partial charge in [-0.3, -0.25) is 9.98 Å². The fourth-order valence-corrected chi connectivity index (χ4v) is 4.62. The van der Waals surface area contributed by atoms with Crippen molar-refractivity contribution in [3.63, 3.8) is 0 Å². The number of fused-ring (bicyclic) bond motifs is 2. The Morgan fingerprint density at radius 3 is 2.46 bits per heavy atom. The average molecular weight is 500 g/mol. The molecule has 37 heavy (non-hydrogen) atoms. The maximum atomic E-state index is 13.2. The summed E-state index contributed by atoms with van der Waals surface area (Å²) in [6.07, 6.45) is 2.40. The SMILES string of the molecule is Cc1cncc(Nc2cc3nc4ccccc4n(-c4ccc(C(F)(F)F)cc4)c-3c/c2=N\C2CCC2)c1. The largest absolute Gasteiger partial charge is 0.416 e. The van der Waals surface area contributed by atoms with Crippen molar-refractivity contribution < 1.29 is 13.2 Å². The lowest BCUT2D eigenvalue weighted by atomic mass is 9.94. The molecule has 8 heteroatoms. The average Bonchev–Trinajstić information content (AvgIpc) is 2.84. The molecule has 1 aliphatic heterocycles. The van der Waals surface area contributed by atoms with Gasteiger partial charge in [-0.2, -0.15) is 13.2 Å². The van der Waals surface area contributed by atoms with Gasteiger partial charge in [0.05, 0.1) is 57.0 Å². The molecule has 0 saturated heterocycles. The molecule has 6 rings (SSSR count). The number of hydrogen-bond acceptors (Lipinski definition) is 4. The van der Waals surface area contributed by atoms with E-state index >= 15 is 0 Å². The van der Waals surface area contributed by atoms with E-state index in [4.69, 9.17) is 9.98 Å². The lowest BCUT2D eigenvalue weighted by molar-refractivity contribution is -0.137. The summed E-state index contributed by atoms with van der Waals surface area (Å²) >= 11 is 0. The molecule has 1 fully saturated rings. The maximum Gasteiger partial charge on any atom is 0.416 e. The van der Waals surface area contributed by atoms with Gasteiger partial charge in [-0.05, 0) is 86.3 Å². The smallest absolute Gasteiger partial charge is 0.352 e. The summed E-state index contributed by atoms with van der Waals surface area (Å²) in [4.78, 5) is 14.2. The standard InChI is InChI=1S/C29H24F3N5/c1-18-13-21(17-33-16-18)35-24-14-26-28(15-25(24)34-20-5-4-6-20)37(27-8-3-2-7-23(27)36-26)22-11-9-19(10-12-22)29(30,31)32/h2-3,7-17,20,35H,4-6H2,1H3/b34-25+. The van der Waals surface area contributed by atoms with Gasteiger partial charge in [0.15, 0.2) is 0 Å². The molecule has 1 aromatic heterocycles. The Kier molecular flexibility index (Phi) is 5.67. The van der Waals surface area contributed by atoms with Crippen molar-refractivity contribution in [1.29, 1.82) is 0 Å². The lowest BCUT2D eigenvalue weighted by Gasteiger charge is -2.23. The molecule has 1 saturated carbocycles. The monoisotopic (exact) mass is 499 g/mol. The second-order valence-corrected chi connectivity index (χ2v) is 9.43. The molecule has 3 aliphatic rings. The number of halogens is 3. The molecule has 0 spiro atoms. The van der Waals surface area contributed by atoms with E-state index in [1.54, 1.807) is 12.4 Å². The Bertz CT molecular complexity index is 1630. The first kappa shape index (κ1) is 23.2. The van der Waals surface area contributed by atoms with Gasteiger partial charge >= 0.3 is 6.18 Å².